The first-order chi connectivity index (χ1) is 15.2. The molecule has 0 amide bonds. The number of aliphatic hydroxyl groups is 1. The fourth-order valence-corrected chi connectivity index (χ4v) is 7.33. The van der Waals surface area contributed by atoms with Gasteiger partial charge in [-0.05, 0) is 62.2 Å². The highest BCUT2D eigenvalue weighted by atomic mass is 16.7. The van der Waals surface area contributed by atoms with Gasteiger partial charge in [0, 0.05) is 11.8 Å². The molecular formula is C28H41NO3. The van der Waals surface area contributed by atoms with Crippen LogP contribution in [0, 0.1) is 39.4 Å². The average Bonchev–Trinajstić information content (AvgIpc) is 3.51. The Labute approximate surface area is 194 Å². The number of ether oxygens (including phenoxy) is 2. The summed E-state index contributed by atoms with van der Waals surface area (Å²) in [6, 6.07) is 2.36. The van der Waals surface area contributed by atoms with Crippen LogP contribution in [0.5, 0.6) is 0 Å². The normalized spacial score (nSPS) is 37.6. The van der Waals surface area contributed by atoms with E-state index >= 15 is 0 Å². The number of hydrogen-bond acceptors (Lipinski definition) is 4. The Bertz CT molecular complexity index is 864. The lowest BCUT2D eigenvalue weighted by molar-refractivity contribution is -0.226. The zero-order chi connectivity index (χ0) is 23.2. The molecule has 0 aromatic heterocycles. The summed E-state index contributed by atoms with van der Waals surface area (Å²) in [6.45, 7) is 13.0. The Kier molecular flexibility index (Phi) is 6.14. The Balaban J connectivity index is 1.64. The zero-order valence-corrected chi connectivity index (χ0v) is 20.7. The van der Waals surface area contributed by atoms with Gasteiger partial charge < -0.3 is 14.6 Å². The molecule has 4 nitrogen and oxygen atoms in total. The molecular weight excluding hydrogens is 398 g/mol. The van der Waals surface area contributed by atoms with E-state index in [-0.39, 0.29) is 10.8 Å². The lowest BCUT2D eigenvalue weighted by Gasteiger charge is -2.51. The van der Waals surface area contributed by atoms with E-state index in [1.165, 1.54) is 5.57 Å². The topological polar surface area (TPSA) is 62.5 Å². The Morgan fingerprint density at radius 1 is 1.25 bits per heavy atom. The molecule has 1 N–H and O–H groups in total. The summed E-state index contributed by atoms with van der Waals surface area (Å²) >= 11 is 0. The van der Waals surface area contributed by atoms with Gasteiger partial charge in [0.25, 0.3) is 0 Å². The van der Waals surface area contributed by atoms with Crippen molar-refractivity contribution in [2.45, 2.75) is 91.8 Å². The molecule has 0 aromatic carbocycles. The van der Waals surface area contributed by atoms with Crippen molar-refractivity contribution < 1.29 is 14.6 Å². The van der Waals surface area contributed by atoms with Gasteiger partial charge in [0.15, 0.2) is 5.79 Å². The summed E-state index contributed by atoms with van der Waals surface area (Å²) < 4.78 is 12.5. The predicted molar refractivity (Wildman–Crippen MR) is 127 cm³/mol. The smallest absolute Gasteiger partial charge is 0.174 e. The van der Waals surface area contributed by atoms with E-state index in [0.29, 0.717) is 42.8 Å². The van der Waals surface area contributed by atoms with E-state index < -0.39 is 11.2 Å². The third kappa shape index (κ3) is 3.23. The molecule has 0 radical (unpaired) electrons. The number of allylic oxidation sites excluding steroid dienone is 5. The molecule has 0 unspecified atom stereocenters. The molecule has 32 heavy (non-hydrogen) atoms. The van der Waals surface area contributed by atoms with Gasteiger partial charge in [-0.25, -0.2) is 0 Å². The molecule has 1 aliphatic heterocycles. The lowest BCUT2D eigenvalue weighted by atomic mass is 9.53. The highest BCUT2D eigenvalue weighted by Crippen LogP contribution is 2.63. The maximum Gasteiger partial charge on any atom is 0.174 e. The van der Waals surface area contributed by atoms with Crippen molar-refractivity contribution in [3.63, 3.8) is 0 Å². The van der Waals surface area contributed by atoms with Crippen molar-refractivity contribution in [1.29, 1.82) is 5.26 Å². The van der Waals surface area contributed by atoms with Crippen LogP contribution in [0.25, 0.3) is 0 Å². The number of nitrogens with zero attached hydrogens (tertiary/aromatic N) is 1. The molecule has 176 valence electrons. The van der Waals surface area contributed by atoms with Gasteiger partial charge >= 0.3 is 0 Å². The van der Waals surface area contributed by atoms with Crippen LogP contribution in [0.3, 0.4) is 0 Å². The molecule has 4 rings (SSSR count). The largest absolute Gasteiger partial charge is 0.510 e. The van der Waals surface area contributed by atoms with Crippen molar-refractivity contribution in [3.8, 4) is 6.07 Å². The van der Waals surface area contributed by atoms with Crippen LogP contribution in [0.4, 0.5) is 0 Å². The molecule has 4 heteroatoms. The molecule has 4 atom stereocenters. The fraction of sp³-hybridized carbons (Fsp3) is 0.750. The van der Waals surface area contributed by atoms with Crippen LogP contribution in [-0.2, 0) is 9.47 Å². The summed E-state index contributed by atoms with van der Waals surface area (Å²) in [7, 11) is 0. The SMILES string of the molecule is CC/C=C1/C2(CC=CC2)C(O)=C(C#N)C[C@]1(C)[C@H](C)CC[C@@]1(C)[C@H](C)CCC12OCCO2. The van der Waals surface area contributed by atoms with Gasteiger partial charge in [-0.1, -0.05) is 58.4 Å². The minimum atomic E-state index is -0.425. The monoisotopic (exact) mass is 439 g/mol. The minimum absolute atomic E-state index is 0.0000581. The number of nitriles is 1. The molecule has 0 aromatic rings. The highest BCUT2D eigenvalue weighted by Gasteiger charge is 2.60. The van der Waals surface area contributed by atoms with Crippen LogP contribution in [0.1, 0.15) is 86.0 Å². The van der Waals surface area contributed by atoms with Crippen LogP contribution in [0.2, 0.25) is 0 Å². The second-order valence-corrected chi connectivity index (χ2v) is 11.3. The molecule has 1 heterocycles. The van der Waals surface area contributed by atoms with Crippen molar-refractivity contribution in [2.24, 2.45) is 28.1 Å². The van der Waals surface area contributed by atoms with Crippen molar-refractivity contribution in [2.75, 3.05) is 13.2 Å². The van der Waals surface area contributed by atoms with Gasteiger partial charge in [0.1, 0.15) is 5.76 Å². The Morgan fingerprint density at radius 2 is 1.91 bits per heavy atom. The Morgan fingerprint density at radius 3 is 2.50 bits per heavy atom. The molecule has 3 aliphatic carbocycles. The zero-order valence-electron chi connectivity index (χ0n) is 20.7. The maximum atomic E-state index is 11.2. The van der Waals surface area contributed by atoms with E-state index in [2.05, 4.69) is 58.9 Å². The van der Waals surface area contributed by atoms with Gasteiger partial charge in [0.05, 0.1) is 30.3 Å². The standard InChI is InChI=1S/C28H41NO3/c1-6-9-23-25(4,18-22(19-29)24(30)27(23)12-7-8-13-27)20(2)10-14-26(5)21(3)11-15-28(26)31-16-17-32-28/h7-9,20-21,30H,6,10-18H2,1-5H3/b23-9+/t20-,21-,25-,26+/m1/s1. The first kappa shape index (κ1) is 23.6. The van der Waals surface area contributed by atoms with E-state index in [1.54, 1.807) is 0 Å². The first-order valence-electron chi connectivity index (χ1n) is 12.7. The van der Waals surface area contributed by atoms with E-state index in [9.17, 15) is 10.4 Å². The highest BCUT2D eigenvalue weighted by molar-refractivity contribution is 5.47. The Hall–Kier alpha value is -1.57. The predicted octanol–water partition coefficient (Wildman–Crippen LogP) is 7.00. The summed E-state index contributed by atoms with van der Waals surface area (Å²) in [5.41, 5.74) is 1.35. The van der Waals surface area contributed by atoms with Crippen LogP contribution in [0.15, 0.2) is 35.1 Å². The number of hydrogen-bond donors (Lipinski definition) is 1. The van der Waals surface area contributed by atoms with Crippen LogP contribution >= 0.6 is 0 Å². The van der Waals surface area contributed by atoms with E-state index in [0.717, 1.165) is 44.9 Å². The minimum Gasteiger partial charge on any atom is -0.510 e. The quantitative estimate of drug-likeness (QED) is 0.468. The molecule has 2 fully saturated rings. The van der Waals surface area contributed by atoms with E-state index in [1.807, 2.05) is 0 Å². The van der Waals surface area contributed by atoms with Crippen LogP contribution < -0.4 is 0 Å². The summed E-state index contributed by atoms with van der Waals surface area (Å²) in [6.07, 6.45) is 14.1. The molecule has 0 bridgehead atoms. The molecule has 1 saturated carbocycles. The third-order valence-electron chi connectivity index (χ3n) is 9.86. The maximum absolute atomic E-state index is 11.2. The first-order valence-corrected chi connectivity index (χ1v) is 12.7. The van der Waals surface area contributed by atoms with Gasteiger partial charge in [-0.3, -0.25) is 0 Å². The van der Waals surface area contributed by atoms with E-state index in [4.69, 9.17) is 9.47 Å². The van der Waals surface area contributed by atoms with Crippen molar-refractivity contribution in [3.05, 3.63) is 35.1 Å². The summed E-state index contributed by atoms with van der Waals surface area (Å²) in [5, 5.41) is 21.1. The lowest BCUT2D eigenvalue weighted by Crippen LogP contribution is -2.47. The molecule has 4 aliphatic rings. The molecule has 1 saturated heterocycles. The molecule has 2 spiro atoms. The van der Waals surface area contributed by atoms with Crippen LogP contribution in [-0.4, -0.2) is 24.1 Å². The fourth-order valence-electron chi connectivity index (χ4n) is 7.33. The summed E-state index contributed by atoms with van der Waals surface area (Å²) in [5.74, 6) is 0.824. The average molecular weight is 440 g/mol. The van der Waals surface area contributed by atoms with Gasteiger partial charge in [-0.2, -0.15) is 5.26 Å². The van der Waals surface area contributed by atoms with Gasteiger partial charge in [0.2, 0.25) is 0 Å². The van der Waals surface area contributed by atoms with Crippen molar-refractivity contribution >= 4 is 0 Å². The second kappa shape index (κ2) is 8.33. The second-order valence-electron chi connectivity index (χ2n) is 11.3. The number of aliphatic hydroxyl groups excluding tert-OH is 1. The van der Waals surface area contributed by atoms with Gasteiger partial charge in [-0.15, -0.1) is 0 Å². The third-order valence-corrected chi connectivity index (χ3v) is 9.86. The van der Waals surface area contributed by atoms with Crippen molar-refractivity contribution in [1.82, 2.24) is 0 Å². The number of rotatable bonds is 5. The summed E-state index contributed by atoms with van der Waals surface area (Å²) in [4.78, 5) is 0.